The molecular weight excluding hydrogens is 164 g/mol. The summed E-state index contributed by atoms with van der Waals surface area (Å²) in [5, 5.41) is 8.89. The monoisotopic (exact) mass is 180 g/mol. The molecule has 3 nitrogen and oxygen atoms in total. The van der Waals surface area contributed by atoms with Gasteiger partial charge in [0.25, 0.3) is 0 Å². The quantitative estimate of drug-likeness (QED) is 0.614. The Labute approximate surface area is 79.3 Å². The molecule has 0 bridgehead atoms. The van der Waals surface area contributed by atoms with Crippen LogP contribution in [0.4, 0.5) is 0 Å². The summed E-state index contributed by atoms with van der Waals surface area (Å²) in [4.78, 5) is 13.4. The van der Waals surface area contributed by atoms with E-state index in [2.05, 4.69) is 6.07 Å². The summed E-state index contributed by atoms with van der Waals surface area (Å²) in [5.74, 6) is -0.0612. The number of hydrogen-bond acceptors (Lipinski definition) is 2. The summed E-state index contributed by atoms with van der Waals surface area (Å²) in [5.41, 5.74) is -0.306. The van der Waals surface area contributed by atoms with Gasteiger partial charge in [0.1, 0.15) is 0 Å². The third-order valence-electron chi connectivity index (χ3n) is 2.79. The number of nitriles is 1. The van der Waals surface area contributed by atoms with E-state index in [0.717, 1.165) is 0 Å². The fraction of sp³-hybridized carbons (Fsp3) is 0.800. The number of likely N-dealkylation sites (tertiary alicyclic amines) is 1. The van der Waals surface area contributed by atoms with Gasteiger partial charge in [0.15, 0.2) is 0 Å². The second-order valence-electron chi connectivity index (χ2n) is 4.40. The molecule has 1 fully saturated rings. The zero-order chi connectivity index (χ0) is 10.2. The van der Waals surface area contributed by atoms with E-state index in [9.17, 15) is 4.79 Å². The third-order valence-corrected chi connectivity index (χ3v) is 2.79. The normalized spacial score (nSPS) is 26.6. The van der Waals surface area contributed by atoms with Crippen molar-refractivity contribution in [1.82, 2.24) is 4.90 Å². The molecule has 13 heavy (non-hydrogen) atoms. The predicted molar refractivity (Wildman–Crippen MR) is 49.8 cm³/mol. The van der Waals surface area contributed by atoms with Gasteiger partial charge in [0, 0.05) is 12.5 Å². The van der Waals surface area contributed by atoms with Crippen LogP contribution in [0.25, 0.3) is 0 Å². The molecule has 0 aromatic carbocycles. The lowest BCUT2D eigenvalue weighted by atomic mass is 9.89. The Morgan fingerprint density at radius 3 is 2.38 bits per heavy atom. The molecule has 72 valence electrons. The number of rotatable bonds is 1. The molecule has 0 aromatic heterocycles. The first kappa shape index (κ1) is 10.0. The van der Waals surface area contributed by atoms with Crippen LogP contribution < -0.4 is 0 Å². The van der Waals surface area contributed by atoms with Gasteiger partial charge in [-0.15, -0.1) is 0 Å². The molecule has 1 aliphatic rings. The van der Waals surface area contributed by atoms with Gasteiger partial charge < -0.3 is 4.90 Å². The summed E-state index contributed by atoms with van der Waals surface area (Å²) in [6, 6.07) is 2.39. The van der Waals surface area contributed by atoms with Crippen LogP contribution >= 0.6 is 0 Å². The highest BCUT2D eigenvalue weighted by atomic mass is 16.2. The van der Waals surface area contributed by atoms with Crippen LogP contribution in [-0.2, 0) is 4.79 Å². The van der Waals surface area contributed by atoms with Gasteiger partial charge in [0.05, 0.1) is 17.5 Å². The maximum atomic E-state index is 11.6. The summed E-state index contributed by atoms with van der Waals surface area (Å²) < 4.78 is 0. The topological polar surface area (TPSA) is 44.1 Å². The largest absolute Gasteiger partial charge is 0.334 e. The van der Waals surface area contributed by atoms with Gasteiger partial charge >= 0.3 is 0 Å². The van der Waals surface area contributed by atoms with Crippen LogP contribution in [0.3, 0.4) is 0 Å². The van der Waals surface area contributed by atoms with Crippen molar-refractivity contribution in [2.24, 2.45) is 5.92 Å². The molecule has 0 aliphatic carbocycles. The summed E-state index contributed by atoms with van der Waals surface area (Å²) in [6.45, 7) is 7.90. The number of carbonyl (C=O) groups excluding carboxylic acids is 1. The van der Waals surface area contributed by atoms with Gasteiger partial charge in [-0.2, -0.15) is 5.26 Å². The standard InChI is InChI=1S/C10H16N2O/c1-7(2)12-9(13)5-8(6-11)10(12,3)4/h7-8H,5H2,1-4H3. The fourth-order valence-corrected chi connectivity index (χ4v) is 2.17. The first-order valence-corrected chi connectivity index (χ1v) is 4.63. The molecule has 1 aliphatic heterocycles. The lowest BCUT2D eigenvalue weighted by Crippen LogP contribution is -2.47. The smallest absolute Gasteiger partial charge is 0.224 e. The van der Waals surface area contributed by atoms with E-state index >= 15 is 0 Å². The highest BCUT2D eigenvalue weighted by Crippen LogP contribution is 2.36. The third kappa shape index (κ3) is 1.41. The van der Waals surface area contributed by atoms with Gasteiger partial charge in [-0.3, -0.25) is 4.79 Å². The molecule has 0 aromatic rings. The molecule has 1 heterocycles. The van der Waals surface area contributed by atoms with E-state index < -0.39 is 0 Å². The first-order chi connectivity index (χ1) is 5.91. The van der Waals surface area contributed by atoms with E-state index in [1.54, 1.807) is 0 Å². The molecule has 1 saturated heterocycles. The first-order valence-electron chi connectivity index (χ1n) is 4.63. The number of carbonyl (C=O) groups is 1. The maximum Gasteiger partial charge on any atom is 0.224 e. The molecule has 0 radical (unpaired) electrons. The second-order valence-corrected chi connectivity index (χ2v) is 4.40. The van der Waals surface area contributed by atoms with Crippen LogP contribution in [-0.4, -0.2) is 22.4 Å². The van der Waals surface area contributed by atoms with Gasteiger partial charge in [-0.1, -0.05) is 0 Å². The molecule has 1 atom stereocenters. The molecule has 3 heteroatoms. The minimum atomic E-state index is -0.306. The van der Waals surface area contributed by atoms with E-state index in [1.807, 2.05) is 32.6 Å². The lowest BCUT2D eigenvalue weighted by Gasteiger charge is -2.36. The zero-order valence-corrected chi connectivity index (χ0v) is 8.66. The van der Waals surface area contributed by atoms with Gasteiger partial charge in [0.2, 0.25) is 5.91 Å². The van der Waals surface area contributed by atoms with E-state index in [-0.39, 0.29) is 23.4 Å². The summed E-state index contributed by atoms with van der Waals surface area (Å²) in [6.07, 6.45) is 0.377. The van der Waals surface area contributed by atoms with Crippen molar-refractivity contribution >= 4 is 5.91 Å². The average Bonchev–Trinajstić information content (AvgIpc) is 2.20. The number of hydrogen-bond donors (Lipinski definition) is 0. The highest BCUT2D eigenvalue weighted by molar-refractivity contribution is 5.81. The van der Waals surface area contributed by atoms with Crippen LogP contribution in [0, 0.1) is 17.2 Å². The average molecular weight is 180 g/mol. The van der Waals surface area contributed by atoms with Crippen molar-refractivity contribution in [1.29, 1.82) is 5.26 Å². The Balaban J connectivity index is 2.99. The van der Waals surface area contributed by atoms with Crippen molar-refractivity contribution < 1.29 is 4.79 Å². The fourth-order valence-electron chi connectivity index (χ4n) is 2.17. The van der Waals surface area contributed by atoms with E-state index in [1.165, 1.54) is 0 Å². The van der Waals surface area contributed by atoms with Crippen LogP contribution in [0.15, 0.2) is 0 Å². The minimum Gasteiger partial charge on any atom is -0.334 e. The molecule has 1 rings (SSSR count). The Kier molecular flexibility index (Phi) is 2.34. The summed E-state index contributed by atoms with van der Waals surface area (Å²) >= 11 is 0. The highest BCUT2D eigenvalue weighted by Gasteiger charge is 2.47. The molecule has 0 spiro atoms. The van der Waals surface area contributed by atoms with Crippen molar-refractivity contribution in [3.63, 3.8) is 0 Å². The van der Waals surface area contributed by atoms with Crippen molar-refractivity contribution in [3.05, 3.63) is 0 Å². The van der Waals surface area contributed by atoms with Crippen LogP contribution in [0.1, 0.15) is 34.1 Å². The molecule has 0 saturated carbocycles. The molecular formula is C10H16N2O. The van der Waals surface area contributed by atoms with Gasteiger partial charge in [-0.25, -0.2) is 0 Å². The maximum absolute atomic E-state index is 11.6. The Morgan fingerprint density at radius 1 is 1.62 bits per heavy atom. The number of nitrogens with zero attached hydrogens (tertiary/aromatic N) is 2. The Morgan fingerprint density at radius 2 is 2.15 bits per heavy atom. The van der Waals surface area contributed by atoms with E-state index in [0.29, 0.717) is 6.42 Å². The van der Waals surface area contributed by atoms with Crippen molar-refractivity contribution in [3.8, 4) is 6.07 Å². The molecule has 1 amide bonds. The zero-order valence-electron chi connectivity index (χ0n) is 8.66. The SMILES string of the molecule is CC(C)N1C(=O)CC(C#N)C1(C)C. The Bertz CT molecular complexity index is 263. The van der Waals surface area contributed by atoms with Gasteiger partial charge in [-0.05, 0) is 27.7 Å². The molecule has 0 N–H and O–H groups in total. The van der Waals surface area contributed by atoms with Crippen molar-refractivity contribution in [2.75, 3.05) is 0 Å². The van der Waals surface area contributed by atoms with Crippen LogP contribution in [0.2, 0.25) is 0 Å². The predicted octanol–water partition coefficient (Wildman–Crippen LogP) is 1.55. The molecule has 1 unspecified atom stereocenters. The number of amides is 1. The second kappa shape index (κ2) is 3.02. The summed E-state index contributed by atoms with van der Waals surface area (Å²) in [7, 11) is 0. The Hall–Kier alpha value is -1.04. The lowest BCUT2D eigenvalue weighted by molar-refractivity contribution is -0.132. The van der Waals surface area contributed by atoms with E-state index in [4.69, 9.17) is 5.26 Å². The van der Waals surface area contributed by atoms with Crippen LogP contribution in [0.5, 0.6) is 0 Å². The minimum absolute atomic E-state index is 0.103. The van der Waals surface area contributed by atoms with Crippen molar-refractivity contribution in [2.45, 2.75) is 45.7 Å².